The first kappa shape index (κ1) is 33.4. The zero-order valence-electron chi connectivity index (χ0n) is 28.4. The van der Waals surface area contributed by atoms with Gasteiger partial charge in [0.15, 0.2) is 0 Å². The average Bonchev–Trinajstić information content (AvgIpc) is 3.42. The quantitative estimate of drug-likeness (QED) is 0.332. The van der Waals surface area contributed by atoms with Crippen LogP contribution in [0, 0.1) is 17.8 Å². The fourth-order valence-electron chi connectivity index (χ4n) is 9.03. The molecule has 6 atom stereocenters. The number of ether oxygens (including phenoxy) is 2. The van der Waals surface area contributed by atoms with Crippen molar-refractivity contribution in [2.45, 2.75) is 81.5 Å². The Hall–Kier alpha value is -3.08. The minimum atomic E-state index is -3.93. The fraction of sp³-hybridized carbons (Fsp3) is 0.568. The van der Waals surface area contributed by atoms with E-state index >= 15 is 0 Å². The summed E-state index contributed by atoms with van der Waals surface area (Å²) in [6, 6.07) is 11.6. The second-order valence-corrected chi connectivity index (χ2v) is 17.2. The Morgan fingerprint density at radius 2 is 1.92 bits per heavy atom. The molecule has 1 aromatic heterocycles. The lowest BCUT2D eigenvalue weighted by atomic mass is 9.62. The van der Waals surface area contributed by atoms with Gasteiger partial charge in [-0.15, -0.1) is 0 Å². The Morgan fingerprint density at radius 3 is 2.65 bits per heavy atom. The van der Waals surface area contributed by atoms with Crippen molar-refractivity contribution >= 4 is 33.2 Å². The summed E-state index contributed by atoms with van der Waals surface area (Å²) < 4.78 is 44.7. The van der Waals surface area contributed by atoms with E-state index < -0.39 is 26.8 Å². The maximum absolute atomic E-state index is 13.6. The third kappa shape index (κ3) is 5.71. The van der Waals surface area contributed by atoms with Crippen LogP contribution in [-0.2, 0) is 39.2 Å². The van der Waals surface area contributed by atoms with E-state index in [0.29, 0.717) is 36.8 Å². The van der Waals surface area contributed by atoms with Crippen LogP contribution in [0.25, 0.3) is 0 Å². The van der Waals surface area contributed by atoms with E-state index in [1.54, 1.807) is 20.1 Å². The number of imidazole rings is 1. The number of carbonyl (C=O) groups excluding carboxylic acids is 1. The van der Waals surface area contributed by atoms with Crippen LogP contribution in [0.5, 0.6) is 5.75 Å². The molecule has 2 aliphatic heterocycles. The van der Waals surface area contributed by atoms with Crippen molar-refractivity contribution in [3.05, 3.63) is 76.3 Å². The molecule has 1 amide bonds. The van der Waals surface area contributed by atoms with E-state index in [4.69, 9.17) is 26.1 Å². The fourth-order valence-corrected chi connectivity index (χ4v) is 10.5. The Morgan fingerprint density at radius 1 is 1.08 bits per heavy atom. The largest absolute Gasteiger partial charge is 0.490 e. The second kappa shape index (κ2) is 12.7. The van der Waals surface area contributed by atoms with Crippen molar-refractivity contribution in [2.24, 2.45) is 24.8 Å². The molecule has 0 unspecified atom stereocenters. The van der Waals surface area contributed by atoms with Crippen LogP contribution in [0.2, 0.25) is 5.02 Å². The zero-order valence-corrected chi connectivity index (χ0v) is 29.9. The summed E-state index contributed by atoms with van der Waals surface area (Å²) >= 11 is 6.47. The molecule has 9 nitrogen and oxygen atoms in total. The van der Waals surface area contributed by atoms with Crippen LogP contribution < -0.4 is 14.4 Å². The van der Waals surface area contributed by atoms with Crippen molar-refractivity contribution in [2.75, 3.05) is 31.7 Å². The van der Waals surface area contributed by atoms with Crippen LogP contribution in [0.1, 0.15) is 86.1 Å². The SMILES string of the molecule is CO[C@@]1(c2nccn2C)CCC[C@H](C)[C@@H](C)S(=O)(=O)NC(=O)c2ccc3c(c2)N(C[C@@H]2CC[C@H]21)C[C@@]1(CCCc2cc(Cl)ccc21)CO3. The molecule has 2 bridgehead atoms. The number of aromatic nitrogens is 2. The van der Waals surface area contributed by atoms with Crippen LogP contribution in [0.3, 0.4) is 0 Å². The maximum Gasteiger partial charge on any atom is 0.264 e. The molecular formula is C37H47ClN4O5S. The number of methoxy groups -OCH3 is 1. The molecule has 7 rings (SSSR count). The Balaban J connectivity index is 1.35. The number of carbonyl (C=O) groups is 1. The number of hydrogen-bond acceptors (Lipinski definition) is 7. The Labute approximate surface area is 289 Å². The highest BCUT2D eigenvalue weighted by atomic mass is 35.5. The van der Waals surface area contributed by atoms with Crippen molar-refractivity contribution in [1.82, 2.24) is 14.3 Å². The first-order valence-electron chi connectivity index (χ1n) is 17.4. The number of rotatable bonds is 2. The second-order valence-electron chi connectivity index (χ2n) is 14.7. The predicted octanol–water partition coefficient (Wildman–Crippen LogP) is 6.38. The average molecular weight is 695 g/mol. The molecule has 2 aliphatic carbocycles. The summed E-state index contributed by atoms with van der Waals surface area (Å²) in [5, 5.41) is -0.0123. The van der Waals surface area contributed by atoms with Crippen molar-refractivity contribution in [3.63, 3.8) is 0 Å². The summed E-state index contributed by atoms with van der Waals surface area (Å²) in [4.78, 5) is 20.8. The highest BCUT2D eigenvalue weighted by Crippen LogP contribution is 2.53. The summed E-state index contributed by atoms with van der Waals surface area (Å²) in [6.07, 6.45) is 11.0. The van der Waals surface area contributed by atoms with Gasteiger partial charge >= 0.3 is 0 Å². The third-order valence-corrected chi connectivity index (χ3v) is 14.2. The van der Waals surface area contributed by atoms with E-state index in [1.165, 1.54) is 11.1 Å². The number of hydrogen-bond donors (Lipinski definition) is 1. The molecular weight excluding hydrogens is 648 g/mol. The Kier molecular flexibility index (Phi) is 8.82. The lowest BCUT2D eigenvalue weighted by Gasteiger charge is -2.51. The van der Waals surface area contributed by atoms with Crippen molar-refractivity contribution in [3.8, 4) is 5.75 Å². The molecule has 3 heterocycles. The summed E-state index contributed by atoms with van der Waals surface area (Å²) in [5.41, 5.74) is 2.77. The van der Waals surface area contributed by atoms with Gasteiger partial charge in [0.25, 0.3) is 5.91 Å². The summed E-state index contributed by atoms with van der Waals surface area (Å²) in [6.45, 7) is 5.60. The first-order chi connectivity index (χ1) is 23.0. The molecule has 48 heavy (non-hydrogen) atoms. The normalized spacial score (nSPS) is 31.9. The van der Waals surface area contributed by atoms with Crippen LogP contribution in [-0.4, -0.2) is 55.9 Å². The van der Waals surface area contributed by atoms with E-state index in [9.17, 15) is 13.2 Å². The van der Waals surface area contributed by atoms with Gasteiger partial charge in [0, 0.05) is 55.6 Å². The Bertz CT molecular complexity index is 1810. The molecule has 4 aliphatic rings. The molecule has 1 fully saturated rings. The molecule has 1 saturated carbocycles. The lowest BCUT2D eigenvalue weighted by molar-refractivity contribution is -0.129. The van der Waals surface area contributed by atoms with Crippen LogP contribution in [0.15, 0.2) is 48.8 Å². The number of nitrogens with zero attached hydrogens (tertiary/aromatic N) is 3. The van der Waals surface area contributed by atoms with Gasteiger partial charge in [0.1, 0.15) is 17.2 Å². The number of fused-ring (bicyclic) bond motifs is 4. The number of sulfonamides is 1. The van der Waals surface area contributed by atoms with Crippen LogP contribution >= 0.6 is 11.6 Å². The van der Waals surface area contributed by atoms with Gasteiger partial charge in [-0.2, -0.15) is 0 Å². The van der Waals surface area contributed by atoms with E-state index in [-0.39, 0.29) is 17.3 Å². The van der Waals surface area contributed by atoms with Gasteiger partial charge in [-0.1, -0.05) is 24.6 Å². The molecule has 0 saturated heterocycles. The molecule has 2 aromatic carbocycles. The number of nitrogens with one attached hydrogen (secondary N) is 1. The minimum Gasteiger partial charge on any atom is -0.490 e. The number of halogens is 1. The van der Waals surface area contributed by atoms with E-state index in [1.807, 2.05) is 44.6 Å². The van der Waals surface area contributed by atoms with Gasteiger partial charge in [-0.25, -0.2) is 18.1 Å². The van der Waals surface area contributed by atoms with Crippen molar-refractivity contribution in [1.29, 1.82) is 0 Å². The number of amides is 1. The summed E-state index contributed by atoms with van der Waals surface area (Å²) in [7, 11) is -0.108. The van der Waals surface area contributed by atoms with Gasteiger partial charge in [0.05, 0.1) is 17.5 Å². The molecule has 0 radical (unpaired) electrons. The third-order valence-electron chi connectivity index (χ3n) is 12.1. The topological polar surface area (TPSA) is 103 Å². The van der Waals surface area contributed by atoms with Gasteiger partial charge in [0.2, 0.25) is 10.0 Å². The number of aryl methyl sites for hydroxylation is 2. The first-order valence-corrected chi connectivity index (χ1v) is 19.3. The summed E-state index contributed by atoms with van der Waals surface area (Å²) in [5.74, 6) is 1.35. The standard InChI is InChI=1S/C37H47ClN4O5S/c1-24-7-5-16-37(46-4,35-39-17-18-41(35)3)31-12-9-28(31)21-42-22-36(15-6-8-26-19-29(38)11-13-30(26)36)23-47-33-14-10-27(20-32(33)42)34(43)40-48(44,45)25(24)2/h10-11,13-14,17-20,24-25,28,31H,5-9,12,15-16,21-23H2,1-4H3,(H,40,43)/t24-,25+,28-,31+,36-,37-/m0/s1. The molecule has 3 aromatic rings. The van der Waals surface area contributed by atoms with E-state index in [2.05, 4.69) is 26.3 Å². The van der Waals surface area contributed by atoms with Crippen molar-refractivity contribution < 1.29 is 22.7 Å². The van der Waals surface area contributed by atoms with E-state index in [0.717, 1.165) is 68.0 Å². The number of benzene rings is 2. The molecule has 11 heteroatoms. The molecule has 258 valence electrons. The maximum atomic E-state index is 13.6. The zero-order chi connectivity index (χ0) is 33.8. The lowest BCUT2D eigenvalue weighted by Crippen LogP contribution is -2.53. The highest BCUT2D eigenvalue weighted by molar-refractivity contribution is 7.90. The smallest absolute Gasteiger partial charge is 0.264 e. The monoisotopic (exact) mass is 694 g/mol. The highest BCUT2D eigenvalue weighted by Gasteiger charge is 2.52. The minimum absolute atomic E-state index is 0.170. The number of anilines is 1. The predicted molar refractivity (Wildman–Crippen MR) is 187 cm³/mol. The molecule has 1 N–H and O–H groups in total. The van der Waals surface area contributed by atoms with Crippen LogP contribution in [0.4, 0.5) is 5.69 Å². The van der Waals surface area contributed by atoms with Gasteiger partial charge in [-0.05, 0) is 118 Å². The molecule has 1 spiro atoms. The van der Waals surface area contributed by atoms with Gasteiger partial charge in [-0.3, -0.25) is 4.79 Å². The van der Waals surface area contributed by atoms with Gasteiger partial charge < -0.3 is 18.9 Å².